The van der Waals surface area contributed by atoms with Gasteiger partial charge in [-0.05, 0) is 36.4 Å². The standard InChI is InChI=1S/C16H14FNO2/c1-18-13(7-11-5-6-12(17)8-16(11)18)10-20-15-4-2-3-14(19)9-15/h2-9,19H,10H2,1H3. The quantitative estimate of drug-likeness (QED) is 0.789. The smallest absolute Gasteiger partial charge is 0.128 e. The maximum Gasteiger partial charge on any atom is 0.128 e. The van der Waals surface area contributed by atoms with Gasteiger partial charge in [0.15, 0.2) is 0 Å². The summed E-state index contributed by atoms with van der Waals surface area (Å²) in [6.07, 6.45) is 0. The molecule has 0 amide bonds. The molecule has 0 saturated heterocycles. The van der Waals surface area contributed by atoms with Crippen LogP contribution >= 0.6 is 0 Å². The fourth-order valence-electron chi connectivity index (χ4n) is 2.23. The summed E-state index contributed by atoms with van der Waals surface area (Å²) in [7, 11) is 1.88. The lowest BCUT2D eigenvalue weighted by atomic mass is 10.2. The monoisotopic (exact) mass is 271 g/mol. The Labute approximate surface area is 115 Å². The third-order valence-electron chi connectivity index (χ3n) is 3.31. The van der Waals surface area contributed by atoms with Crippen LogP contribution < -0.4 is 4.74 Å². The number of aryl methyl sites for hydroxylation is 1. The summed E-state index contributed by atoms with van der Waals surface area (Å²) in [6.45, 7) is 0.357. The molecule has 3 rings (SSSR count). The Morgan fingerprint density at radius 2 is 2.00 bits per heavy atom. The lowest BCUT2D eigenvalue weighted by Crippen LogP contribution is -2.01. The van der Waals surface area contributed by atoms with Crippen molar-refractivity contribution in [2.45, 2.75) is 6.61 Å². The SMILES string of the molecule is Cn1c(COc2cccc(O)c2)cc2ccc(F)cc21. The highest BCUT2D eigenvalue weighted by Gasteiger charge is 2.07. The maximum atomic E-state index is 13.2. The third-order valence-corrected chi connectivity index (χ3v) is 3.31. The van der Waals surface area contributed by atoms with Gasteiger partial charge in [-0.15, -0.1) is 0 Å². The number of nitrogens with zero attached hydrogens (tertiary/aromatic N) is 1. The van der Waals surface area contributed by atoms with E-state index in [-0.39, 0.29) is 11.6 Å². The van der Waals surface area contributed by atoms with Gasteiger partial charge in [-0.3, -0.25) is 0 Å². The molecule has 0 atom stereocenters. The van der Waals surface area contributed by atoms with Crippen molar-refractivity contribution in [2.24, 2.45) is 7.05 Å². The van der Waals surface area contributed by atoms with Gasteiger partial charge in [-0.1, -0.05) is 6.07 Å². The molecule has 1 heterocycles. The van der Waals surface area contributed by atoms with Crippen LogP contribution in [0.3, 0.4) is 0 Å². The van der Waals surface area contributed by atoms with Gasteiger partial charge in [-0.25, -0.2) is 4.39 Å². The Morgan fingerprint density at radius 1 is 1.15 bits per heavy atom. The zero-order valence-electron chi connectivity index (χ0n) is 11.0. The number of benzene rings is 2. The summed E-state index contributed by atoms with van der Waals surface area (Å²) in [5.74, 6) is 0.516. The van der Waals surface area contributed by atoms with Crippen molar-refractivity contribution in [2.75, 3.05) is 0 Å². The van der Waals surface area contributed by atoms with Crippen LogP contribution in [0.2, 0.25) is 0 Å². The van der Waals surface area contributed by atoms with Crippen molar-refractivity contribution >= 4 is 10.9 Å². The number of fused-ring (bicyclic) bond motifs is 1. The Morgan fingerprint density at radius 3 is 2.80 bits per heavy atom. The zero-order chi connectivity index (χ0) is 14.1. The lowest BCUT2D eigenvalue weighted by molar-refractivity contribution is 0.296. The Hall–Kier alpha value is -2.49. The molecule has 102 valence electrons. The topological polar surface area (TPSA) is 34.4 Å². The van der Waals surface area contributed by atoms with Gasteiger partial charge in [0.25, 0.3) is 0 Å². The molecule has 0 bridgehead atoms. The van der Waals surface area contributed by atoms with E-state index in [2.05, 4.69) is 0 Å². The molecular formula is C16H14FNO2. The van der Waals surface area contributed by atoms with Crippen molar-refractivity contribution in [3.63, 3.8) is 0 Å². The summed E-state index contributed by atoms with van der Waals surface area (Å²) in [6, 6.07) is 13.3. The van der Waals surface area contributed by atoms with Crippen LogP contribution in [0.5, 0.6) is 11.5 Å². The van der Waals surface area contributed by atoms with Gasteiger partial charge >= 0.3 is 0 Å². The molecule has 4 heteroatoms. The number of halogens is 1. The number of aromatic hydroxyl groups is 1. The molecular weight excluding hydrogens is 257 g/mol. The number of hydrogen-bond acceptors (Lipinski definition) is 2. The second kappa shape index (κ2) is 4.89. The largest absolute Gasteiger partial charge is 0.508 e. The lowest BCUT2D eigenvalue weighted by Gasteiger charge is -2.07. The molecule has 20 heavy (non-hydrogen) atoms. The predicted molar refractivity (Wildman–Crippen MR) is 75.3 cm³/mol. The van der Waals surface area contributed by atoms with Gasteiger partial charge in [0, 0.05) is 18.5 Å². The van der Waals surface area contributed by atoms with Crippen LogP contribution in [0.25, 0.3) is 10.9 Å². The van der Waals surface area contributed by atoms with Gasteiger partial charge in [0.2, 0.25) is 0 Å². The van der Waals surface area contributed by atoms with E-state index >= 15 is 0 Å². The highest BCUT2D eigenvalue weighted by atomic mass is 19.1. The number of phenolic OH excluding ortho intramolecular Hbond substituents is 1. The van der Waals surface area contributed by atoms with Crippen LogP contribution in [0, 0.1) is 5.82 Å². The molecule has 2 aromatic carbocycles. The normalized spacial score (nSPS) is 10.9. The van der Waals surface area contributed by atoms with E-state index in [1.807, 2.05) is 17.7 Å². The van der Waals surface area contributed by atoms with Crippen LogP contribution in [-0.4, -0.2) is 9.67 Å². The first kappa shape index (κ1) is 12.5. The number of aromatic nitrogens is 1. The summed E-state index contributed by atoms with van der Waals surface area (Å²) < 4.78 is 20.8. The second-order valence-electron chi connectivity index (χ2n) is 4.68. The molecule has 0 saturated carbocycles. The van der Waals surface area contributed by atoms with E-state index in [4.69, 9.17) is 4.74 Å². The zero-order valence-corrected chi connectivity index (χ0v) is 11.0. The Kier molecular flexibility index (Phi) is 3.06. The average molecular weight is 271 g/mol. The second-order valence-corrected chi connectivity index (χ2v) is 4.68. The molecule has 0 radical (unpaired) electrons. The first-order chi connectivity index (χ1) is 9.63. The van der Waals surface area contributed by atoms with Crippen molar-refractivity contribution in [1.82, 2.24) is 4.57 Å². The van der Waals surface area contributed by atoms with Gasteiger partial charge in [0.1, 0.15) is 23.9 Å². The Balaban J connectivity index is 1.86. The number of hydrogen-bond donors (Lipinski definition) is 1. The summed E-state index contributed by atoms with van der Waals surface area (Å²) in [5.41, 5.74) is 1.77. The number of phenols is 1. The third kappa shape index (κ3) is 2.32. The van der Waals surface area contributed by atoms with Gasteiger partial charge in [-0.2, -0.15) is 0 Å². The first-order valence-electron chi connectivity index (χ1n) is 6.29. The van der Waals surface area contributed by atoms with Crippen LogP contribution in [0.15, 0.2) is 48.5 Å². The minimum atomic E-state index is -0.251. The average Bonchev–Trinajstić information content (AvgIpc) is 2.73. The molecule has 1 aromatic heterocycles. The molecule has 3 aromatic rings. The van der Waals surface area contributed by atoms with E-state index in [0.29, 0.717) is 12.4 Å². The van der Waals surface area contributed by atoms with E-state index in [9.17, 15) is 9.50 Å². The molecule has 0 aliphatic heterocycles. The van der Waals surface area contributed by atoms with Crippen LogP contribution in [-0.2, 0) is 13.7 Å². The minimum absolute atomic E-state index is 0.168. The maximum absolute atomic E-state index is 13.2. The van der Waals surface area contributed by atoms with Crippen molar-refractivity contribution in [1.29, 1.82) is 0 Å². The van der Waals surface area contributed by atoms with E-state index in [1.54, 1.807) is 30.3 Å². The van der Waals surface area contributed by atoms with Crippen LogP contribution in [0.1, 0.15) is 5.69 Å². The van der Waals surface area contributed by atoms with Crippen molar-refractivity contribution in [3.05, 3.63) is 60.0 Å². The molecule has 1 N–H and O–H groups in total. The predicted octanol–water partition coefficient (Wildman–Crippen LogP) is 3.60. The van der Waals surface area contributed by atoms with Crippen molar-refractivity contribution in [3.8, 4) is 11.5 Å². The molecule has 3 nitrogen and oxygen atoms in total. The van der Waals surface area contributed by atoms with Gasteiger partial charge in [0.05, 0.1) is 11.2 Å². The van der Waals surface area contributed by atoms with Crippen molar-refractivity contribution < 1.29 is 14.2 Å². The molecule has 0 aliphatic carbocycles. The molecule has 0 spiro atoms. The molecule has 0 aliphatic rings. The Bertz CT molecular complexity index is 764. The fraction of sp³-hybridized carbons (Fsp3) is 0.125. The summed E-state index contributed by atoms with van der Waals surface area (Å²) in [4.78, 5) is 0. The van der Waals surface area contributed by atoms with E-state index in [1.165, 1.54) is 12.1 Å². The number of ether oxygens (including phenoxy) is 1. The number of rotatable bonds is 3. The van der Waals surface area contributed by atoms with Gasteiger partial charge < -0.3 is 14.4 Å². The fourth-order valence-corrected chi connectivity index (χ4v) is 2.23. The summed E-state index contributed by atoms with van der Waals surface area (Å²) in [5, 5.41) is 10.4. The van der Waals surface area contributed by atoms with E-state index < -0.39 is 0 Å². The minimum Gasteiger partial charge on any atom is -0.508 e. The van der Waals surface area contributed by atoms with Crippen LogP contribution in [0.4, 0.5) is 4.39 Å². The van der Waals surface area contributed by atoms with E-state index in [0.717, 1.165) is 16.6 Å². The molecule has 0 fully saturated rings. The highest BCUT2D eigenvalue weighted by Crippen LogP contribution is 2.22. The highest BCUT2D eigenvalue weighted by molar-refractivity contribution is 5.81. The first-order valence-corrected chi connectivity index (χ1v) is 6.29. The summed E-state index contributed by atoms with van der Waals surface area (Å²) >= 11 is 0. The molecule has 0 unspecified atom stereocenters.